The number of halogens is 1. The highest BCUT2D eigenvalue weighted by atomic mass is 35.5. The normalized spacial score (nSPS) is 14.3. The van der Waals surface area contributed by atoms with E-state index in [0.29, 0.717) is 12.8 Å². The molecular weight excluding hydrogens is 292 g/mol. The van der Waals surface area contributed by atoms with E-state index >= 15 is 0 Å². The molecule has 0 bridgehead atoms. The molecule has 1 aliphatic rings. The van der Waals surface area contributed by atoms with Crippen LogP contribution < -0.4 is 14.8 Å². The number of rotatable bonds is 5. The molecule has 1 aromatic carbocycles. The van der Waals surface area contributed by atoms with Gasteiger partial charge in [-0.2, -0.15) is 0 Å². The van der Waals surface area contributed by atoms with Gasteiger partial charge in [0.25, 0.3) is 0 Å². The first-order chi connectivity index (χ1) is 9.72. The molecule has 0 radical (unpaired) electrons. The first-order valence-corrected chi connectivity index (χ1v) is 6.93. The molecule has 0 atom stereocenters. The fourth-order valence-electron chi connectivity index (χ4n) is 2.33. The molecule has 1 amide bonds. The number of carbonyl (C=O) groups excluding carboxylic acids is 1. The summed E-state index contributed by atoms with van der Waals surface area (Å²) in [7, 11) is 3.26. The van der Waals surface area contributed by atoms with Gasteiger partial charge in [0, 0.05) is 38.7 Å². The Labute approximate surface area is 132 Å². The van der Waals surface area contributed by atoms with Crippen molar-refractivity contribution in [2.75, 3.05) is 40.4 Å². The summed E-state index contributed by atoms with van der Waals surface area (Å²) in [6.07, 6.45) is 1.23. The molecule has 1 N–H and O–H groups in total. The van der Waals surface area contributed by atoms with Crippen LogP contribution in [-0.2, 0) is 11.2 Å². The Morgan fingerprint density at radius 2 is 1.71 bits per heavy atom. The maximum absolute atomic E-state index is 12.1. The molecular formula is C15H23ClN2O3. The molecule has 1 aromatic rings. The highest BCUT2D eigenvalue weighted by molar-refractivity contribution is 5.85. The maximum Gasteiger partial charge on any atom is 0.222 e. The molecule has 0 unspecified atom stereocenters. The number of aryl methyl sites for hydroxylation is 1. The first-order valence-electron chi connectivity index (χ1n) is 6.93. The van der Waals surface area contributed by atoms with Crippen LogP contribution in [0.3, 0.4) is 0 Å². The average molecular weight is 315 g/mol. The van der Waals surface area contributed by atoms with Gasteiger partial charge in [-0.15, -0.1) is 12.4 Å². The average Bonchev–Trinajstić information content (AvgIpc) is 2.53. The molecule has 1 heterocycles. The second-order valence-electron chi connectivity index (χ2n) is 4.85. The minimum absolute atomic E-state index is 0. The van der Waals surface area contributed by atoms with Gasteiger partial charge < -0.3 is 19.7 Å². The van der Waals surface area contributed by atoms with Crippen molar-refractivity contribution in [3.63, 3.8) is 0 Å². The number of carbonyl (C=O) groups is 1. The van der Waals surface area contributed by atoms with Crippen molar-refractivity contribution in [2.24, 2.45) is 0 Å². The van der Waals surface area contributed by atoms with E-state index < -0.39 is 0 Å². The van der Waals surface area contributed by atoms with Crippen molar-refractivity contribution < 1.29 is 14.3 Å². The van der Waals surface area contributed by atoms with Crippen LogP contribution in [0.1, 0.15) is 12.0 Å². The highest BCUT2D eigenvalue weighted by Crippen LogP contribution is 2.23. The molecule has 0 aliphatic carbocycles. The second-order valence-corrected chi connectivity index (χ2v) is 4.85. The summed E-state index contributed by atoms with van der Waals surface area (Å²) in [4.78, 5) is 14.0. The number of piperazine rings is 1. The van der Waals surface area contributed by atoms with Gasteiger partial charge >= 0.3 is 0 Å². The zero-order chi connectivity index (χ0) is 14.4. The molecule has 0 spiro atoms. The predicted molar refractivity (Wildman–Crippen MR) is 84.6 cm³/mol. The molecule has 0 aromatic heterocycles. The first kappa shape index (κ1) is 17.6. The lowest BCUT2D eigenvalue weighted by molar-refractivity contribution is -0.131. The number of nitrogens with one attached hydrogen (secondary N) is 1. The summed E-state index contributed by atoms with van der Waals surface area (Å²) in [5, 5.41) is 3.25. The molecule has 1 saturated heterocycles. The largest absolute Gasteiger partial charge is 0.497 e. The van der Waals surface area contributed by atoms with E-state index in [-0.39, 0.29) is 18.3 Å². The van der Waals surface area contributed by atoms with E-state index in [4.69, 9.17) is 9.47 Å². The molecule has 1 fully saturated rings. The van der Waals surface area contributed by atoms with Crippen LogP contribution in [0.4, 0.5) is 0 Å². The van der Waals surface area contributed by atoms with Crippen LogP contribution in [-0.4, -0.2) is 51.2 Å². The van der Waals surface area contributed by atoms with Crippen molar-refractivity contribution in [1.82, 2.24) is 10.2 Å². The van der Waals surface area contributed by atoms with E-state index in [0.717, 1.165) is 43.2 Å². The van der Waals surface area contributed by atoms with Gasteiger partial charge in [-0.05, 0) is 24.1 Å². The van der Waals surface area contributed by atoms with Gasteiger partial charge in [0.2, 0.25) is 5.91 Å². The van der Waals surface area contributed by atoms with Gasteiger partial charge in [0.1, 0.15) is 11.5 Å². The number of benzene rings is 1. The number of ether oxygens (including phenoxy) is 2. The highest BCUT2D eigenvalue weighted by Gasteiger charge is 2.16. The fourth-order valence-corrected chi connectivity index (χ4v) is 2.33. The monoisotopic (exact) mass is 314 g/mol. The smallest absolute Gasteiger partial charge is 0.222 e. The van der Waals surface area contributed by atoms with Crippen LogP contribution in [0.2, 0.25) is 0 Å². The van der Waals surface area contributed by atoms with Crippen molar-refractivity contribution >= 4 is 18.3 Å². The van der Waals surface area contributed by atoms with Crippen LogP contribution >= 0.6 is 12.4 Å². The third kappa shape index (κ3) is 5.10. The molecule has 118 valence electrons. The van der Waals surface area contributed by atoms with Crippen molar-refractivity contribution in [2.45, 2.75) is 12.8 Å². The second kappa shape index (κ2) is 8.74. The summed E-state index contributed by atoms with van der Waals surface area (Å²) < 4.78 is 10.5. The lowest BCUT2D eigenvalue weighted by Gasteiger charge is -2.27. The Hall–Kier alpha value is -1.46. The van der Waals surface area contributed by atoms with E-state index in [2.05, 4.69) is 5.32 Å². The number of methoxy groups -OCH3 is 2. The predicted octanol–water partition coefficient (Wildman–Crippen LogP) is 1.49. The molecule has 1 aliphatic heterocycles. The van der Waals surface area contributed by atoms with E-state index in [1.807, 2.05) is 23.1 Å². The van der Waals surface area contributed by atoms with Gasteiger partial charge in [-0.3, -0.25) is 4.79 Å². The zero-order valence-electron chi connectivity index (χ0n) is 12.6. The summed E-state index contributed by atoms with van der Waals surface area (Å²) in [5.74, 6) is 1.73. The van der Waals surface area contributed by atoms with Crippen LogP contribution in [0.25, 0.3) is 0 Å². The third-order valence-electron chi connectivity index (χ3n) is 3.51. The molecule has 2 rings (SSSR count). The number of hydrogen-bond acceptors (Lipinski definition) is 4. The topological polar surface area (TPSA) is 50.8 Å². The number of amides is 1. The van der Waals surface area contributed by atoms with Crippen LogP contribution in [0, 0.1) is 0 Å². The van der Waals surface area contributed by atoms with Crippen LogP contribution in [0.5, 0.6) is 11.5 Å². The van der Waals surface area contributed by atoms with Gasteiger partial charge in [0.05, 0.1) is 14.2 Å². The molecule has 6 heteroatoms. The van der Waals surface area contributed by atoms with Gasteiger partial charge in [-0.25, -0.2) is 0 Å². The van der Waals surface area contributed by atoms with Crippen LogP contribution in [0.15, 0.2) is 18.2 Å². The number of hydrogen-bond donors (Lipinski definition) is 1. The van der Waals surface area contributed by atoms with Crippen molar-refractivity contribution in [3.8, 4) is 11.5 Å². The van der Waals surface area contributed by atoms with Gasteiger partial charge in [-0.1, -0.05) is 0 Å². The SMILES string of the molecule is COc1cc(CCC(=O)N2CCNCC2)cc(OC)c1.Cl. The molecule has 5 nitrogen and oxygen atoms in total. The standard InChI is InChI=1S/C15H22N2O3.ClH/c1-19-13-9-12(10-14(11-13)20-2)3-4-15(18)17-7-5-16-6-8-17;/h9-11,16H,3-8H2,1-2H3;1H. The summed E-state index contributed by atoms with van der Waals surface area (Å²) >= 11 is 0. The minimum atomic E-state index is 0. The van der Waals surface area contributed by atoms with E-state index in [1.165, 1.54) is 0 Å². The lowest BCUT2D eigenvalue weighted by atomic mass is 10.1. The zero-order valence-corrected chi connectivity index (χ0v) is 13.4. The van der Waals surface area contributed by atoms with Crippen molar-refractivity contribution in [3.05, 3.63) is 23.8 Å². The third-order valence-corrected chi connectivity index (χ3v) is 3.51. The van der Waals surface area contributed by atoms with E-state index in [1.54, 1.807) is 14.2 Å². The Kier molecular flexibility index (Phi) is 7.32. The summed E-state index contributed by atoms with van der Waals surface area (Å²) in [6, 6.07) is 5.74. The lowest BCUT2D eigenvalue weighted by Crippen LogP contribution is -2.46. The van der Waals surface area contributed by atoms with E-state index in [9.17, 15) is 4.79 Å². The quantitative estimate of drug-likeness (QED) is 0.894. The summed E-state index contributed by atoms with van der Waals surface area (Å²) in [5.41, 5.74) is 1.06. The number of nitrogens with zero attached hydrogens (tertiary/aromatic N) is 1. The fraction of sp³-hybridized carbons (Fsp3) is 0.533. The minimum Gasteiger partial charge on any atom is -0.497 e. The Morgan fingerprint density at radius 3 is 2.24 bits per heavy atom. The van der Waals surface area contributed by atoms with Crippen molar-refractivity contribution in [1.29, 1.82) is 0 Å². The maximum atomic E-state index is 12.1. The Balaban J connectivity index is 0.00000220. The molecule has 0 saturated carbocycles. The van der Waals surface area contributed by atoms with Gasteiger partial charge in [0.15, 0.2) is 0 Å². The Morgan fingerprint density at radius 1 is 1.14 bits per heavy atom. The Bertz CT molecular complexity index is 440. The summed E-state index contributed by atoms with van der Waals surface area (Å²) in [6.45, 7) is 3.39. The molecule has 21 heavy (non-hydrogen) atoms.